The van der Waals surface area contributed by atoms with Crippen molar-refractivity contribution in [3.63, 3.8) is 0 Å². The van der Waals surface area contributed by atoms with Crippen molar-refractivity contribution in [2.45, 2.75) is 57.2 Å². The molecule has 2 rings (SSSR count). The van der Waals surface area contributed by atoms with Gasteiger partial charge in [-0.3, -0.25) is 4.79 Å². The minimum absolute atomic E-state index is 0.327. The Kier molecular flexibility index (Phi) is 5.22. The second-order valence-electron chi connectivity index (χ2n) is 5.91. The number of rotatable bonds is 4. The fourth-order valence-electron chi connectivity index (χ4n) is 3.36. The minimum atomic E-state index is -0.471. The first-order valence-electron chi connectivity index (χ1n) is 7.57. The summed E-state index contributed by atoms with van der Waals surface area (Å²) in [4.78, 5) is 14.3. The maximum atomic E-state index is 12.3. The van der Waals surface area contributed by atoms with Gasteiger partial charge in [-0.05, 0) is 18.8 Å². The lowest BCUT2D eigenvalue weighted by Crippen LogP contribution is -2.49. The molecule has 2 aliphatic rings. The Balaban J connectivity index is 1.78. The number of nitrogens with zero attached hydrogens (tertiary/aromatic N) is 1. The summed E-state index contributed by atoms with van der Waals surface area (Å²) in [5.41, 5.74) is 0. The molecule has 4 heteroatoms. The van der Waals surface area contributed by atoms with Crippen LogP contribution in [0.2, 0.25) is 0 Å². The van der Waals surface area contributed by atoms with Crippen molar-refractivity contribution in [3.05, 3.63) is 0 Å². The molecule has 19 heavy (non-hydrogen) atoms. The first-order valence-corrected chi connectivity index (χ1v) is 7.57. The second kappa shape index (κ2) is 6.71. The Morgan fingerprint density at radius 3 is 2.21 bits per heavy atom. The van der Waals surface area contributed by atoms with Gasteiger partial charge in [0.25, 0.3) is 0 Å². The molecule has 1 amide bonds. The van der Waals surface area contributed by atoms with Crippen molar-refractivity contribution in [2.75, 3.05) is 27.3 Å². The third-order valence-corrected chi connectivity index (χ3v) is 4.81. The van der Waals surface area contributed by atoms with Crippen LogP contribution in [0.1, 0.15) is 51.4 Å². The molecule has 1 saturated heterocycles. The topological polar surface area (TPSA) is 38.8 Å². The number of amides is 1. The van der Waals surface area contributed by atoms with E-state index in [0.29, 0.717) is 11.8 Å². The molecule has 1 heterocycles. The predicted octanol–water partition coefficient (Wildman–Crippen LogP) is 2.57. The molecule has 2 fully saturated rings. The van der Waals surface area contributed by atoms with Gasteiger partial charge in [0.05, 0.1) is 0 Å². The Morgan fingerprint density at radius 2 is 1.68 bits per heavy atom. The maximum absolute atomic E-state index is 12.3. The van der Waals surface area contributed by atoms with Crippen molar-refractivity contribution < 1.29 is 14.3 Å². The number of carbonyl (C=O) groups is 1. The van der Waals surface area contributed by atoms with Crippen LogP contribution in [0.5, 0.6) is 0 Å². The third kappa shape index (κ3) is 3.69. The Morgan fingerprint density at radius 1 is 1.11 bits per heavy atom. The molecular weight excluding hydrogens is 242 g/mol. The first kappa shape index (κ1) is 14.8. The summed E-state index contributed by atoms with van der Waals surface area (Å²) in [5, 5.41) is 0. The van der Waals surface area contributed by atoms with Crippen molar-refractivity contribution in [3.8, 4) is 0 Å². The molecular formula is C15H27NO3. The summed E-state index contributed by atoms with van der Waals surface area (Å²) in [6, 6.07) is 0. The lowest BCUT2D eigenvalue weighted by Gasteiger charge is -2.40. The maximum Gasteiger partial charge on any atom is 0.222 e. The molecule has 1 aliphatic carbocycles. The highest BCUT2D eigenvalue weighted by Gasteiger charge is 2.36. The van der Waals surface area contributed by atoms with Crippen LogP contribution < -0.4 is 0 Å². The van der Waals surface area contributed by atoms with E-state index in [-0.39, 0.29) is 0 Å². The zero-order chi connectivity index (χ0) is 13.7. The molecule has 0 aromatic heterocycles. The molecule has 1 aliphatic heterocycles. The molecule has 1 saturated carbocycles. The molecule has 0 N–H and O–H groups in total. The van der Waals surface area contributed by atoms with Gasteiger partial charge in [-0.15, -0.1) is 0 Å². The van der Waals surface area contributed by atoms with Gasteiger partial charge in [0.1, 0.15) is 0 Å². The van der Waals surface area contributed by atoms with Crippen LogP contribution in [0.4, 0.5) is 0 Å². The lowest BCUT2D eigenvalue weighted by atomic mass is 9.86. The van der Waals surface area contributed by atoms with E-state index < -0.39 is 5.79 Å². The second-order valence-corrected chi connectivity index (χ2v) is 5.91. The van der Waals surface area contributed by atoms with Gasteiger partial charge in [0.15, 0.2) is 5.79 Å². The number of likely N-dealkylation sites (tertiary alicyclic amines) is 1. The summed E-state index contributed by atoms with van der Waals surface area (Å²) in [7, 11) is 3.37. The summed E-state index contributed by atoms with van der Waals surface area (Å²) < 4.78 is 10.9. The van der Waals surface area contributed by atoms with Crippen LogP contribution in [-0.2, 0) is 14.3 Å². The van der Waals surface area contributed by atoms with Gasteiger partial charge in [0, 0.05) is 46.6 Å². The van der Waals surface area contributed by atoms with Crippen LogP contribution in [0.25, 0.3) is 0 Å². The lowest BCUT2D eigenvalue weighted by molar-refractivity contribution is -0.228. The Hall–Kier alpha value is -0.610. The zero-order valence-electron chi connectivity index (χ0n) is 12.3. The summed E-state index contributed by atoms with van der Waals surface area (Å²) in [6.45, 7) is 1.51. The molecule has 0 unspecified atom stereocenters. The summed E-state index contributed by atoms with van der Waals surface area (Å²) in [6.07, 6.45) is 8.71. The van der Waals surface area contributed by atoms with Crippen LogP contribution >= 0.6 is 0 Å². The van der Waals surface area contributed by atoms with Crippen LogP contribution in [-0.4, -0.2) is 43.9 Å². The highest BCUT2D eigenvalue weighted by atomic mass is 16.7. The van der Waals surface area contributed by atoms with Crippen molar-refractivity contribution in [1.29, 1.82) is 0 Å². The number of methoxy groups -OCH3 is 2. The van der Waals surface area contributed by atoms with E-state index in [4.69, 9.17) is 9.47 Å². The Bertz CT molecular complexity index is 286. The minimum Gasteiger partial charge on any atom is -0.353 e. The highest BCUT2D eigenvalue weighted by molar-refractivity contribution is 5.76. The number of ether oxygens (including phenoxy) is 2. The monoisotopic (exact) mass is 269 g/mol. The predicted molar refractivity (Wildman–Crippen MR) is 73.8 cm³/mol. The van der Waals surface area contributed by atoms with E-state index >= 15 is 0 Å². The highest BCUT2D eigenvalue weighted by Crippen LogP contribution is 2.29. The van der Waals surface area contributed by atoms with Gasteiger partial charge in [-0.25, -0.2) is 0 Å². The molecule has 0 radical (unpaired) electrons. The summed E-state index contributed by atoms with van der Waals surface area (Å²) in [5.74, 6) is 0.479. The van der Waals surface area contributed by atoms with Gasteiger partial charge in [-0.2, -0.15) is 0 Å². The van der Waals surface area contributed by atoms with Crippen molar-refractivity contribution >= 4 is 5.91 Å². The quantitative estimate of drug-likeness (QED) is 0.736. The van der Waals surface area contributed by atoms with E-state index in [1.807, 2.05) is 4.90 Å². The van der Waals surface area contributed by atoms with E-state index in [9.17, 15) is 4.79 Å². The SMILES string of the molecule is COC1(OC)CCN(C(=O)CC2CCCCC2)CC1. The third-order valence-electron chi connectivity index (χ3n) is 4.81. The van der Waals surface area contributed by atoms with Crippen molar-refractivity contribution in [1.82, 2.24) is 4.90 Å². The van der Waals surface area contributed by atoms with Gasteiger partial charge >= 0.3 is 0 Å². The molecule has 0 spiro atoms. The number of hydrogen-bond acceptors (Lipinski definition) is 3. The average molecular weight is 269 g/mol. The average Bonchev–Trinajstić information content (AvgIpc) is 2.48. The molecule has 0 aromatic rings. The molecule has 110 valence electrons. The molecule has 4 nitrogen and oxygen atoms in total. The van der Waals surface area contributed by atoms with E-state index in [1.165, 1.54) is 32.1 Å². The van der Waals surface area contributed by atoms with Gasteiger partial charge in [0.2, 0.25) is 5.91 Å². The normalized spacial score (nSPS) is 24.4. The standard InChI is InChI=1S/C15H27NO3/c1-18-15(19-2)8-10-16(11-9-15)14(17)12-13-6-4-3-5-7-13/h13H,3-12H2,1-2H3. The molecule has 0 bridgehead atoms. The van der Waals surface area contributed by atoms with Gasteiger partial charge < -0.3 is 14.4 Å². The summed E-state index contributed by atoms with van der Waals surface area (Å²) >= 11 is 0. The fraction of sp³-hybridized carbons (Fsp3) is 0.933. The smallest absolute Gasteiger partial charge is 0.222 e. The van der Waals surface area contributed by atoms with Crippen LogP contribution in [0.15, 0.2) is 0 Å². The molecule has 0 aromatic carbocycles. The van der Waals surface area contributed by atoms with Gasteiger partial charge in [-0.1, -0.05) is 19.3 Å². The fourth-order valence-corrected chi connectivity index (χ4v) is 3.36. The van der Waals surface area contributed by atoms with E-state index in [0.717, 1.165) is 32.4 Å². The van der Waals surface area contributed by atoms with Crippen LogP contribution in [0, 0.1) is 5.92 Å². The Labute approximate surface area is 116 Å². The largest absolute Gasteiger partial charge is 0.353 e. The zero-order valence-corrected chi connectivity index (χ0v) is 12.3. The van der Waals surface area contributed by atoms with Crippen LogP contribution in [0.3, 0.4) is 0 Å². The van der Waals surface area contributed by atoms with E-state index in [1.54, 1.807) is 14.2 Å². The molecule has 0 atom stereocenters. The van der Waals surface area contributed by atoms with Crippen molar-refractivity contribution in [2.24, 2.45) is 5.92 Å². The number of carbonyl (C=O) groups excluding carboxylic acids is 1. The van der Waals surface area contributed by atoms with E-state index in [2.05, 4.69) is 0 Å². The first-order chi connectivity index (χ1) is 9.19. The number of hydrogen-bond donors (Lipinski definition) is 0. The number of piperidine rings is 1.